The van der Waals surface area contributed by atoms with Crippen molar-refractivity contribution in [1.29, 1.82) is 0 Å². The minimum absolute atomic E-state index is 0.0807. The lowest BCUT2D eigenvalue weighted by Gasteiger charge is -2.14. The Morgan fingerprint density at radius 1 is 1.19 bits per heavy atom. The quantitative estimate of drug-likeness (QED) is 0.763. The Bertz CT molecular complexity index is 988. The number of fused-ring (bicyclic) bond motifs is 1. The van der Waals surface area contributed by atoms with E-state index in [2.05, 4.69) is 21.6 Å². The number of aromatic nitrogens is 2. The van der Waals surface area contributed by atoms with Crippen LogP contribution >= 0.6 is 0 Å². The zero-order chi connectivity index (χ0) is 18.3. The number of benzene rings is 2. The van der Waals surface area contributed by atoms with E-state index in [-0.39, 0.29) is 18.2 Å². The third kappa shape index (κ3) is 2.94. The topological polar surface area (TPSA) is 78.1 Å². The maximum absolute atomic E-state index is 12.6. The third-order valence-electron chi connectivity index (χ3n) is 4.69. The van der Waals surface area contributed by atoms with Crippen molar-refractivity contribution < 1.29 is 9.59 Å². The molecule has 2 aromatic carbocycles. The molecule has 0 bridgehead atoms. The fraction of sp³-hybridized carbons (Fsp3) is 0.250. The highest BCUT2D eigenvalue weighted by Gasteiger charge is 2.36. The molecular weight excluding hydrogens is 328 g/mol. The van der Waals surface area contributed by atoms with Crippen LogP contribution in [0.4, 0.5) is 11.5 Å². The minimum atomic E-state index is -0.390. The lowest BCUT2D eigenvalue weighted by atomic mass is 10.1. The fourth-order valence-electron chi connectivity index (χ4n) is 3.53. The van der Waals surface area contributed by atoms with Gasteiger partial charge in [-0.15, -0.1) is 0 Å². The molecule has 0 aliphatic carbocycles. The Labute approximate surface area is 151 Å². The number of H-pyrrole nitrogens is 1. The zero-order valence-electron chi connectivity index (χ0n) is 14.7. The van der Waals surface area contributed by atoms with Gasteiger partial charge >= 0.3 is 0 Å². The molecule has 4 rings (SSSR count). The zero-order valence-corrected chi connectivity index (χ0v) is 14.7. The van der Waals surface area contributed by atoms with Gasteiger partial charge in [0.2, 0.25) is 11.8 Å². The van der Waals surface area contributed by atoms with Gasteiger partial charge in [-0.25, -0.2) is 0 Å². The van der Waals surface area contributed by atoms with Crippen LogP contribution < -0.4 is 10.2 Å². The summed E-state index contributed by atoms with van der Waals surface area (Å²) in [7, 11) is 0. The first-order chi connectivity index (χ1) is 12.5. The van der Waals surface area contributed by atoms with E-state index >= 15 is 0 Å². The van der Waals surface area contributed by atoms with E-state index < -0.39 is 5.92 Å². The van der Waals surface area contributed by atoms with Gasteiger partial charge < -0.3 is 5.32 Å². The van der Waals surface area contributed by atoms with Gasteiger partial charge in [0.1, 0.15) is 0 Å². The van der Waals surface area contributed by atoms with Crippen molar-refractivity contribution in [2.24, 2.45) is 5.92 Å². The molecule has 6 nitrogen and oxygen atoms in total. The lowest BCUT2D eigenvalue weighted by molar-refractivity contribution is -0.122. The number of anilines is 2. The molecule has 1 aliphatic heterocycles. The van der Waals surface area contributed by atoms with E-state index in [0.29, 0.717) is 12.4 Å². The van der Waals surface area contributed by atoms with Crippen LogP contribution in [0.3, 0.4) is 0 Å². The van der Waals surface area contributed by atoms with Gasteiger partial charge in [0.05, 0.1) is 11.4 Å². The predicted molar refractivity (Wildman–Crippen MR) is 101 cm³/mol. The first-order valence-corrected chi connectivity index (χ1v) is 8.64. The second kappa shape index (κ2) is 6.29. The average Bonchev–Trinajstić information content (AvgIpc) is 3.17. The summed E-state index contributed by atoms with van der Waals surface area (Å²) in [6, 6.07) is 13.6. The predicted octanol–water partition coefficient (Wildman–Crippen LogP) is 3.17. The second-order valence-electron chi connectivity index (χ2n) is 6.86. The van der Waals surface area contributed by atoms with Gasteiger partial charge in [-0.3, -0.25) is 19.6 Å². The van der Waals surface area contributed by atoms with Crippen LogP contribution in [-0.4, -0.2) is 28.6 Å². The Balaban J connectivity index is 1.53. The SMILES string of the molecule is Cc1cc(C)cc(NC(=O)C2CC(=O)N(c3n[nH]c4ccccc34)C2)c1. The monoisotopic (exact) mass is 348 g/mol. The standard InChI is InChI=1S/C20H20N4O2/c1-12-7-13(2)9-15(8-12)21-20(26)14-10-18(25)24(11-14)19-16-5-3-4-6-17(16)22-23-19/h3-9,14H,10-11H2,1-2H3,(H,21,26)(H,22,23). The maximum Gasteiger partial charge on any atom is 0.229 e. The molecule has 2 amide bonds. The molecule has 1 aromatic heterocycles. The van der Waals surface area contributed by atoms with Crippen molar-refractivity contribution in [1.82, 2.24) is 10.2 Å². The summed E-state index contributed by atoms with van der Waals surface area (Å²) in [5.41, 5.74) is 3.82. The maximum atomic E-state index is 12.6. The van der Waals surface area contributed by atoms with Crippen molar-refractivity contribution in [3.05, 3.63) is 53.6 Å². The molecule has 1 fully saturated rings. The molecule has 132 valence electrons. The largest absolute Gasteiger partial charge is 0.326 e. The molecule has 1 aliphatic rings. The van der Waals surface area contributed by atoms with Crippen molar-refractivity contribution in [3.8, 4) is 0 Å². The number of carbonyl (C=O) groups excluding carboxylic acids is 2. The van der Waals surface area contributed by atoms with Gasteiger partial charge in [-0.2, -0.15) is 5.10 Å². The Morgan fingerprint density at radius 3 is 2.69 bits per heavy atom. The fourth-order valence-corrected chi connectivity index (χ4v) is 3.53. The van der Waals surface area contributed by atoms with Crippen LogP contribution in [0.15, 0.2) is 42.5 Å². The van der Waals surface area contributed by atoms with Gasteiger partial charge in [0.15, 0.2) is 5.82 Å². The van der Waals surface area contributed by atoms with E-state index in [9.17, 15) is 9.59 Å². The van der Waals surface area contributed by atoms with Crippen LogP contribution in [0, 0.1) is 19.8 Å². The molecule has 0 radical (unpaired) electrons. The number of nitrogens with zero attached hydrogens (tertiary/aromatic N) is 2. The highest BCUT2D eigenvalue weighted by atomic mass is 16.2. The van der Waals surface area contributed by atoms with E-state index in [0.717, 1.165) is 27.7 Å². The normalized spacial score (nSPS) is 17.1. The Kier molecular flexibility index (Phi) is 3.95. The van der Waals surface area contributed by atoms with E-state index in [1.807, 2.05) is 50.2 Å². The van der Waals surface area contributed by atoms with Gasteiger partial charge in [0, 0.05) is 24.0 Å². The first-order valence-electron chi connectivity index (χ1n) is 8.64. The van der Waals surface area contributed by atoms with Crippen LogP contribution in [0.5, 0.6) is 0 Å². The number of rotatable bonds is 3. The number of hydrogen-bond acceptors (Lipinski definition) is 3. The summed E-state index contributed by atoms with van der Waals surface area (Å²) >= 11 is 0. The molecule has 1 atom stereocenters. The van der Waals surface area contributed by atoms with E-state index in [1.165, 1.54) is 0 Å². The summed E-state index contributed by atoms with van der Waals surface area (Å²) in [6.45, 7) is 4.32. The molecule has 2 N–H and O–H groups in total. The van der Waals surface area contributed by atoms with E-state index in [4.69, 9.17) is 0 Å². The molecule has 2 heterocycles. The summed E-state index contributed by atoms with van der Waals surface area (Å²) in [5.74, 6) is -0.0143. The molecule has 0 spiro atoms. The summed E-state index contributed by atoms with van der Waals surface area (Å²) in [4.78, 5) is 26.7. The third-order valence-corrected chi connectivity index (χ3v) is 4.69. The van der Waals surface area contributed by atoms with Crippen molar-refractivity contribution in [3.63, 3.8) is 0 Å². The number of hydrogen-bond donors (Lipinski definition) is 2. The average molecular weight is 348 g/mol. The second-order valence-corrected chi connectivity index (χ2v) is 6.86. The van der Waals surface area contributed by atoms with Crippen molar-refractivity contribution in [2.75, 3.05) is 16.8 Å². The summed E-state index contributed by atoms with van der Waals surface area (Å²) < 4.78 is 0. The molecule has 1 saturated heterocycles. The lowest BCUT2D eigenvalue weighted by Crippen LogP contribution is -2.28. The molecule has 1 unspecified atom stereocenters. The molecule has 3 aromatic rings. The summed E-state index contributed by atoms with van der Waals surface area (Å²) in [5, 5.41) is 11.0. The minimum Gasteiger partial charge on any atom is -0.326 e. The summed E-state index contributed by atoms with van der Waals surface area (Å²) in [6.07, 6.45) is 0.192. The number of amides is 2. The molecule has 6 heteroatoms. The van der Waals surface area contributed by atoms with Gasteiger partial charge in [0.25, 0.3) is 0 Å². The van der Waals surface area contributed by atoms with Gasteiger partial charge in [-0.1, -0.05) is 18.2 Å². The van der Waals surface area contributed by atoms with Crippen molar-refractivity contribution in [2.45, 2.75) is 20.3 Å². The van der Waals surface area contributed by atoms with Gasteiger partial charge in [-0.05, 0) is 49.2 Å². The van der Waals surface area contributed by atoms with Crippen LogP contribution in [0.1, 0.15) is 17.5 Å². The van der Waals surface area contributed by atoms with Crippen LogP contribution in [0.2, 0.25) is 0 Å². The molecule has 26 heavy (non-hydrogen) atoms. The highest BCUT2D eigenvalue weighted by molar-refractivity contribution is 6.06. The Hall–Kier alpha value is -3.15. The van der Waals surface area contributed by atoms with Crippen molar-refractivity contribution >= 4 is 34.2 Å². The smallest absolute Gasteiger partial charge is 0.229 e. The van der Waals surface area contributed by atoms with E-state index in [1.54, 1.807) is 4.90 Å². The molecule has 0 saturated carbocycles. The van der Waals surface area contributed by atoms with Crippen LogP contribution in [0.25, 0.3) is 10.9 Å². The number of carbonyl (C=O) groups is 2. The highest BCUT2D eigenvalue weighted by Crippen LogP contribution is 2.30. The first kappa shape index (κ1) is 16.3. The Morgan fingerprint density at radius 2 is 1.92 bits per heavy atom. The number of aryl methyl sites for hydroxylation is 2. The van der Waals surface area contributed by atoms with Crippen LogP contribution in [-0.2, 0) is 9.59 Å². The number of para-hydroxylation sites is 1. The molecular formula is C20H20N4O2. The number of aromatic amines is 1. The number of nitrogens with one attached hydrogen (secondary N) is 2.